The molecule has 5 heteroatoms. The van der Waals surface area contributed by atoms with Crippen LogP contribution in [0.4, 0.5) is 0 Å². The van der Waals surface area contributed by atoms with E-state index < -0.39 is 5.41 Å². The van der Waals surface area contributed by atoms with Crippen molar-refractivity contribution in [2.24, 2.45) is 5.41 Å². The molecule has 3 fully saturated rings. The van der Waals surface area contributed by atoms with Gasteiger partial charge in [0.1, 0.15) is 0 Å². The van der Waals surface area contributed by atoms with Gasteiger partial charge in [0, 0.05) is 29.4 Å². The van der Waals surface area contributed by atoms with Crippen LogP contribution in [0.2, 0.25) is 0 Å². The molecule has 0 radical (unpaired) electrons. The molecule has 0 unspecified atom stereocenters. The highest BCUT2D eigenvalue weighted by molar-refractivity contribution is 6.10. The summed E-state index contributed by atoms with van der Waals surface area (Å²) in [7, 11) is 0. The quantitative estimate of drug-likeness (QED) is 0.623. The van der Waals surface area contributed by atoms with Crippen LogP contribution in [-0.2, 0) is 9.59 Å². The largest absolute Gasteiger partial charge is 0.345 e. The Kier molecular flexibility index (Phi) is 3.85. The van der Waals surface area contributed by atoms with E-state index in [1.807, 2.05) is 19.9 Å². The summed E-state index contributed by atoms with van der Waals surface area (Å²) in [6.45, 7) is 3.88. The first-order valence-corrected chi connectivity index (χ1v) is 9.49. The molecule has 2 saturated carbocycles. The number of likely N-dealkylation sites (tertiary alicyclic amines) is 1. The minimum Gasteiger partial charge on any atom is -0.345 e. The van der Waals surface area contributed by atoms with Crippen LogP contribution in [0.3, 0.4) is 0 Å². The van der Waals surface area contributed by atoms with Crippen molar-refractivity contribution < 1.29 is 14.4 Å². The number of carbonyl (C=O) groups is 3. The maximum Gasteiger partial charge on any atom is 0.236 e. The summed E-state index contributed by atoms with van der Waals surface area (Å²) in [5, 5.41) is 0. The molecule has 4 rings (SSSR count). The first-order valence-electron chi connectivity index (χ1n) is 9.49. The van der Waals surface area contributed by atoms with E-state index in [2.05, 4.69) is 4.57 Å². The smallest absolute Gasteiger partial charge is 0.236 e. The van der Waals surface area contributed by atoms with Crippen LogP contribution in [0.15, 0.2) is 6.07 Å². The summed E-state index contributed by atoms with van der Waals surface area (Å²) < 4.78 is 2.23. The standard InChI is InChI=1S/C20H26N2O3/c1-13-10-16(14(2)22(13)15-6-7-15)17(23)12-21-18(24)11-20(19(21)25)8-4-3-5-9-20/h10,15H,3-9,11-12H2,1-2H3. The van der Waals surface area contributed by atoms with Gasteiger partial charge in [-0.25, -0.2) is 0 Å². The van der Waals surface area contributed by atoms with E-state index in [1.54, 1.807) is 0 Å². The van der Waals surface area contributed by atoms with Crippen molar-refractivity contribution in [2.75, 3.05) is 6.54 Å². The molecule has 134 valence electrons. The fraction of sp³-hybridized carbons (Fsp3) is 0.650. The molecule has 2 amide bonds. The Hall–Kier alpha value is -1.91. The molecular weight excluding hydrogens is 316 g/mol. The predicted molar refractivity (Wildman–Crippen MR) is 93.4 cm³/mol. The molecule has 0 N–H and O–H groups in total. The number of imide groups is 1. The van der Waals surface area contributed by atoms with E-state index in [0.29, 0.717) is 18.0 Å². The summed E-state index contributed by atoms with van der Waals surface area (Å²) in [4.78, 5) is 39.4. The van der Waals surface area contributed by atoms with E-state index in [4.69, 9.17) is 0 Å². The third kappa shape index (κ3) is 2.64. The number of Topliss-reactive ketones (excluding diaryl/α,β-unsaturated/α-hetero) is 1. The van der Waals surface area contributed by atoms with E-state index in [0.717, 1.165) is 56.3 Å². The molecule has 0 atom stereocenters. The van der Waals surface area contributed by atoms with Crippen molar-refractivity contribution in [1.82, 2.24) is 9.47 Å². The fourth-order valence-electron chi connectivity index (χ4n) is 4.82. The molecule has 1 aromatic rings. The van der Waals surface area contributed by atoms with Crippen LogP contribution in [-0.4, -0.2) is 33.6 Å². The maximum atomic E-state index is 12.9. The minimum absolute atomic E-state index is 0.103. The van der Waals surface area contributed by atoms with Gasteiger partial charge in [0.2, 0.25) is 11.8 Å². The van der Waals surface area contributed by atoms with Gasteiger partial charge in [-0.3, -0.25) is 19.3 Å². The first kappa shape index (κ1) is 16.6. The van der Waals surface area contributed by atoms with Gasteiger partial charge in [0.25, 0.3) is 0 Å². The van der Waals surface area contributed by atoms with Crippen LogP contribution >= 0.6 is 0 Å². The molecule has 1 aromatic heterocycles. The maximum absolute atomic E-state index is 12.9. The van der Waals surface area contributed by atoms with Crippen LogP contribution in [0.25, 0.3) is 0 Å². The second-order valence-electron chi connectivity index (χ2n) is 8.11. The van der Waals surface area contributed by atoms with Gasteiger partial charge in [0.15, 0.2) is 5.78 Å². The van der Waals surface area contributed by atoms with Gasteiger partial charge in [-0.05, 0) is 45.6 Å². The van der Waals surface area contributed by atoms with E-state index in [-0.39, 0.29) is 24.1 Å². The van der Waals surface area contributed by atoms with Gasteiger partial charge in [0.05, 0.1) is 12.0 Å². The SMILES string of the molecule is Cc1cc(C(=O)CN2C(=O)CC3(CCCCC3)C2=O)c(C)n1C1CC1. The first-order chi connectivity index (χ1) is 11.9. The Morgan fingerprint density at radius 3 is 2.48 bits per heavy atom. The zero-order valence-corrected chi connectivity index (χ0v) is 15.1. The number of ketones is 1. The highest BCUT2D eigenvalue weighted by atomic mass is 16.2. The number of aryl methyl sites for hydroxylation is 1. The average Bonchev–Trinajstić information content (AvgIpc) is 3.33. The van der Waals surface area contributed by atoms with E-state index in [1.165, 1.54) is 4.90 Å². The molecule has 2 heterocycles. The van der Waals surface area contributed by atoms with Crippen molar-refractivity contribution >= 4 is 17.6 Å². The lowest BCUT2D eigenvalue weighted by atomic mass is 9.73. The summed E-state index contributed by atoms with van der Waals surface area (Å²) in [6.07, 6.45) is 7.34. The van der Waals surface area contributed by atoms with Crippen molar-refractivity contribution in [1.29, 1.82) is 0 Å². The van der Waals surface area contributed by atoms with E-state index in [9.17, 15) is 14.4 Å². The van der Waals surface area contributed by atoms with Gasteiger partial charge < -0.3 is 4.57 Å². The topological polar surface area (TPSA) is 59.4 Å². The van der Waals surface area contributed by atoms with Crippen LogP contribution in [0, 0.1) is 19.3 Å². The Balaban J connectivity index is 1.54. The average molecular weight is 342 g/mol. The summed E-state index contributed by atoms with van der Waals surface area (Å²) in [5.74, 6) is -0.396. The van der Waals surface area contributed by atoms with Gasteiger partial charge in [-0.2, -0.15) is 0 Å². The third-order valence-electron chi connectivity index (χ3n) is 6.30. The normalized spacial score (nSPS) is 22.9. The number of nitrogens with zero attached hydrogens (tertiary/aromatic N) is 2. The molecule has 0 aromatic carbocycles. The number of amides is 2. The second-order valence-corrected chi connectivity index (χ2v) is 8.11. The van der Waals surface area contributed by atoms with Crippen LogP contribution in [0.1, 0.15) is 79.2 Å². The number of hydrogen-bond donors (Lipinski definition) is 0. The van der Waals surface area contributed by atoms with Gasteiger partial charge >= 0.3 is 0 Å². The summed E-state index contributed by atoms with van der Waals surface area (Å²) in [6, 6.07) is 2.43. The van der Waals surface area contributed by atoms with Crippen molar-refractivity contribution in [3.63, 3.8) is 0 Å². The number of rotatable bonds is 4. The molecular formula is C20H26N2O3. The van der Waals surface area contributed by atoms with Crippen molar-refractivity contribution in [3.8, 4) is 0 Å². The summed E-state index contributed by atoms with van der Waals surface area (Å²) in [5.41, 5.74) is 2.21. The lowest BCUT2D eigenvalue weighted by Crippen LogP contribution is -2.39. The Morgan fingerprint density at radius 2 is 1.84 bits per heavy atom. The Morgan fingerprint density at radius 1 is 1.16 bits per heavy atom. The summed E-state index contributed by atoms with van der Waals surface area (Å²) >= 11 is 0. The van der Waals surface area contributed by atoms with Crippen molar-refractivity contribution in [3.05, 3.63) is 23.0 Å². The highest BCUT2D eigenvalue weighted by Crippen LogP contribution is 2.45. The molecule has 5 nitrogen and oxygen atoms in total. The third-order valence-corrected chi connectivity index (χ3v) is 6.30. The molecule has 1 spiro atoms. The molecule has 1 aliphatic heterocycles. The molecule has 2 aliphatic carbocycles. The van der Waals surface area contributed by atoms with E-state index >= 15 is 0 Å². The second kappa shape index (κ2) is 5.82. The molecule has 0 bridgehead atoms. The van der Waals surface area contributed by atoms with Crippen molar-refractivity contribution in [2.45, 2.75) is 71.3 Å². The Labute approximate surface area is 148 Å². The monoisotopic (exact) mass is 342 g/mol. The zero-order valence-electron chi connectivity index (χ0n) is 15.1. The number of hydrogen-bond acceptors (Lipinski definition) is 3. The van der Waals surface area contributed by atoms with Crippen LogP contribution < -0.4 is 0 Å². The molecule has 1 saturated heterocycles. The Bertz CT molecular complexity index is 751. The number of aromatic nitrogens is 1. The molecule has 25 heavy (non-hydrogen) atoms. The van der Waals surface area contributed by atoms with Crippen LogP contribution in [0.5, 0.6) is 0 Å². The zero-order chi connectivity index (χ0) is 17.8. The lowest BCUT2D eigenvalue weighted by Gasteiger charge is -2.30. The highest BCUT2D eigenvalue weighted by Gasteiger charge is 2.51. The van der Waals surface area contributed by atoms with Gasteiger partial charge in [-0.15, -0.1) is 0 Å². The van der Waals surface area contributed by atoms with Gasteiger partial charge in [-0.1, -0.05) is 19.3 Å². The molecule has 3 aliphatic rings. The predicted octanol–water partition coefficient (Wildman–Crippen LogP) is 3.33. The lowest BCUT2D eigenvalue weighted by molar-refractivity contribution is -0.141. The minimum atomic E-state index is -0.513. The fourth-order valence-corrected chi connectivity index (χ4v) is 4.82. The number of carbonyl (C=O) groups excluding carboxylic acids is 3.